The van der Waals surface area contributed by atoms with Crippen molar-refractivity contribution in [1.82, 2.24) is 4.90 Å². The lowest BCUT2D eigenvalue weighted by Gasteiger charge is -2.29. The van der Waals surface area contributed by atoms with Gasteiger partial charge in [-0.1, -0.05) is 42.1 Å². The minimum atomic E-state index is 0.0565. The standard InChI is InChI=1S/C13H12N2OS/c16-12-9-11(10-5-2-1-3-6-10)17-13-14-7-4-8-15(12)13/h1-3,5-6,9H,4,7-8H2. The molecule has 0 spiro atoms. The minimum Gasteiger partial charge on any atom is -0.288 e. The molecule has 0 unspecified atom stereocenters. The van der Waals surface area contributed by atoms with E-state index < -0.39 is 0 Å². The molecule has 0 aliphatic carbocycles. The number of carbonyl (C=O) groups excluding carboxylic acids is 1. The molecular formula is C13H12N2OS. The Labute approximate surface area is 104 Å². The molecule has 0 saturated carbocycles. The van der Waals surface area contributed by atoms with Crippen LogP contribution in [0.5, 0.6) is 0 Å². The van der Waals surface area contributed by atoms with Crippen molar-refractivity contribution < 1.29 is 4.79 Å². The van der Waals surface area contributed by atoms with E-state index in [1.54, 1.807) is 22.7 Å². The van der Waals surface area contributed by atoms with Crippen molar-refractivity contribution in [3.8, 4) is 0 Å². The summed E-state index contributed by atoms with van der Waals surface area (Å²) in [5.41, 5.74) is 1.08. The Balaban J connectivity index is 1.96. The number of aliphatic imine (C=N–C) groups is 1. The van der Waals surface area contributed by atoms with Crippen molar-refractivity contribution in [2.24, 2.45) is 4.99 Å². The highest BCUT2D eigenvalue weighted by Gasteiger charge is 2.27. The Hall–Kier alpha value is -1.55. The fraction of sp³-hybridized carbons (Fsp3) is 0.231. The summed E-state index contributed by atoms with van der Waals surface area (Å²) in [5.74, 6) is 0.0565. The Kier molecular flexibility index (Phi) is 2.73. The number of amidine groups is 1. The van der Waals surface area contributed by atoms with Crippen molar-refractivity contribution in [3.63, 3.8) is 0 Å². The molecule has 0 radical (unpaired) electrons. The van der Waals surface area contributed by atoms with Gasteiger partial charge in [-0.15, -0.1) is 0 Å². The molecule has 0 aromatic heterocycles. The predicted molar refractivity (Wildman–Crippen MR) is 70.6 cm³/mol. The molecule has 0 bridgehead atoms. The molecule has 0 N–H and O–H groups in total. The van der Waals surface area contributed by atoms with E-state index in [0.29, 0.717) is 0 Å². The molecule has 2 aliphatic rings. The second kappa shape index (κ2) is 4.37. The molecule has 2 aliphatic heterocycles. The van der Waals surface area contributed by atoms with Crippen LogP contribution in [0, 0.1) is 0 Å². The van der Waals surface area contributed by atoms with Crippen LogP contribution in [0.25, 0.3) is 4.91 Å². The van der Waals surface area contributed by atoms with Crippen LogP contribution in [0.2, 0.25) is 0 Å². The lowest BCUT2D eigenvalue weighted by atomic mass is 10.2. The molecule has 0 fully saturated rings. The maximum Gasteiger partial charge on any atom is 0.253 e. The number of thioether (sulfide) groups is 1. The zero-order valence-corrected chi connectivity index (χ0v) is 10.1. The molecule has 86 valence electrons. The van der Waals surface area contributed by atoms with Gasteiger partial charge >= 0.3 is 0 Å². The third-order valence-electron chi connectivity index (χ3n) is 2.80. The van der Waals surface area contributed by atoms with Crippen molar-refractivity contribution in [2.75, 3.05) is 13.1 Å². The first kappa shape index (κ1) is 10.6. The molecule has 0 atom stereocenters. The van der Waals surface area contributed by atoms with Gasteiger partial charge in [0.1, 0.15) is 0 Å². The van der Waals surface area contributed by atoms with Crippen LogP contribution in [0.1, 0.15) is 12.0 Å². The number of rotatable bonds is 1. The van der Waals surface area contributed by atoms with E-state index in [9.17, 15) is 4.79 Å². The number of carbonyl (C=O) groups is 1. The van der Waals surface area contributed by atoms with Gasteiger partial charge in [-0.2, -0.15) is 0 Å². The zero-order valence-electron chi connectivity index (χ0n) is 9.30. The van der Waals surface area contributed by atoms with Crippen LogP contribution in [-0.2, 0) is 4.79 Å². The molecule has 1 amide bonds. The van der Waals surface area contributed by atoms with Crippen LogP contribution < -0.4 is 0 Å². The monoisotopic (exact) mass is 244 g/mol. The summed E-state index contributed by atoms with van der Waals surface area (Å²) in [4.78, 5) is 19.1. The zero-order chi connectivity index (χ0) is 11.7. The van der Waals surface area contributed by atoms with Gasteiger partial charge in [-0.05, 0) is 12.0 Å². The van der Waals surface area contributed by atoms with Gasteiger partial charge in [0, 0.05) is 24.1 Å². The normalized spacial score (nSPS) is 19.5. The van der Waals surface area contributed by atoms with E-state index in [-0.39, 0.29) is 5.91 Å². The number of hydrogen-bond donors (Lipinski definition) is 0. The Bertz CT molecular complexity index is 507. The third kappa shape index (κ3) is 2.00. The van der Waals surface area contributed by atoms with Crippen molar-refractivity contribution in [2.45, 2.75) is 6.42 Å². The molecular weight excluding hydrogens is 232 g/mol. The predicted octanol–water partition coefficient (Wildman–Crippen LogP) is 2.36. The fourth-order valence-electron chi connectivity index (χ4n) is 1.94. The third-order valence-corrected chi connectivity index (χ3v) is 3.90. The maximum atomic E-state index is 12.0. The van der Waals surface area contributed by atoms with E-state index in [4.69, 9.17) is 0 Å². The second-order valence-corrected chi connectivity index (χ2v) is 4.99. The first-order valence-electron chi connectivity index (χ1n) is 5.65. The number of benzene rings is 1. The van der Waals surface area contributed by atoms with Gasteiger partial charge in [-0.3, -0.25) is 14.7 Å². The van der Waals surface area contributed by atoms with E-state index in [0.717, 1.165) is 35.1 Å². The average molecular weight is 244 g/mol. The highest BCUT2D eigenvalue weighted by molar-refractivity contribution is 8.21. The first-order valence-corrected chi connectivity index (χ1v) is 6.47. The molecule has 3 rings (SSSR count). The molecule has 1 aromatic rings. The summed E-state index contributed by atoms with van der Waals surface area (Å²) >= 11 is 1.59. The van der Waals surface area contributed by atoms with Crippen LogP contribution in [0.15, 0.2) is 41.4 Å². The highest BCUT2D eigenvalue weighted by atomic mass is 32.2. The van der Waals surface area contributed by atoms with Gasteiger partial charge in [-0.25, -0.2) is 0 Å². The van der Waals surface area contributed by atoms with Crippen LogP contribution in [-0.4, -0.2) is 29.1 Å². The summed E-state index contributed by atoms with van der Waals surface area (Å²) in [6.07, 6.45) is 2.68. The summed E-state index contributed by atoms with van der Waals surface area (Å²) in [5, 5.41) is 0.850. The van der Waals surface area contributed by atoms with E-state index >= 15 is 0 Å². The van der Waals surface area contributed by atoms with Gasteiger partial charge < -0.3 is 0 Å². The number of amides is 1. The lowest BCUT2D eigenvalue weighted by Crippen LogP contribution is -2.40. The Morgan fingerprint density at radius 3 is 2.88 bits per heavy atom. The summed E-state index contributed by atoms with van der Waals surface area (Å²) < 4.78 is 0. The number of nitrogens with zero attached hydrogens (tertiary/aromatic N) is 2. The smallest absolute Gasteiger partial charge is 0.253 e. The fourth-order valence-corrected chi connectivity index (χ4v) is 3.00. The summed E-state index contributed by atoms with van der Waals surface area (Å²) in [6, 6.07) is 9.98. The van der Waals surface area contributed by atoms with Gasteiger partial charge in [0.05, 0.1) is 0 Å². The SMILES string of the molecule is O=C1C=C(c2ccccc2)SC2=NCCCN12. The second-order valence-electron chi connectivity index (χ2n) is 3.98. The van der Waals surface area contributed by atoms with Crippen LogP contribution in [0.3, 0.4) is 0 Å². The van der Waals surface area contributed by atoms with Gasteiger partial charge in [0.15, 0.2) is 5.17 Å². The number of fused-ring (bicyclic) bond motifs is 1. The minimum absolute atomic E-state index is 0.0565. The van der Waals surface area contributed by atoms with E-state index in [1.165, 1.54) is 0 Å². The molecule has 2 heterocycles. The average Bonchev–Trinajstić information content (AvgIpc) is 2.40. The van der Waals surface area contributed by atoms with Gasteiger partial charge in [0.25, 0.3) is 5.91 Å². The highest BCUT2D eigenvalue weighted by Crippen LogP contribution is 2.34. The van der Waals surface area contributed by atoms with E-state index in [2.05, 4.69) is 4.99 Å². The Morgan fingerprint density at radius 1 is 1.24 bits per heavy atom. The molecule has 0 saturated heterocycles. The van der Waals surface area contributed by atoms with Crippen molar-refractivity contribution in [1.29, 1.82) is 0 Å². The van der Waals surface area contributed by atoms with Gasteiger partial charge in [0.2, 0.25) is 0 Å². The quantitative estimate of drug-likeness (QED) is 0.759. The number of hydrogen-bond acceptors (Lipinski definition) is 3. The molecule has 3 nitrogen and oxygen atoms in total. The van der Waals surface area contributed by atoms with E-state index in [1.807, 2.05) is 30.3 Å². The Morgan fingerprint density at radius 2 is 2.06 bits per heavy atom. The topological polar surface area (TPSA) is 32.7 Å². The van der Waals surface area contributed by atoms with Crippen molar-refractivity contribution in [3.05, 3.63) is 42.0 Å². The lowest BCUT2D eigenvalue weighted by molar-refractivity contribution is -0.122. The van der Waals surface area contributed by atoms with Crippen LogP contribution in [0.4, 0.5) is 0 Å². The molecule has 1 aromatic carbocycles. The van der Waals surface area contributed by atoms with Crippen molar-refractivity contribution >= 4 is 27.7 Å². The summed E-state index contributed by atoms with van der Waals surface area (Å²) in [6.45, 7) is 1.62. The molecule has 4 heteroatoms. The maximum absolute atomic E-state index is 12.0. The van der Waals surface area contributed by atoms with Crippen LogP contribution >= 0.6 is 11.8 Å². The first-order chi connectivity index (χ1) is 8.34. The molecule has 17 heavy (non-hydrogen) atoms. The largest absolute Gasteiger partial charge is 0.288 e. The summed E-state index contributed by atoms with van der Waals surface area (Å²) in [7, 11) is 0.